The zero-order chi connectivity index (χ0) is 20.3. The average molecular weight is 387 g/mol. The Hall–Kier alpha value is -3.45. The molecule has 0 bridgehead atoms. The Balaban J connectivity index is 1.82. The topological polar surface area (TPSA) is 75.1 Å². The second-order valence-corrected chi connectivity index (χ2v) is 7.66. The third-order valence-electron chi connectivity index (χ3n) is 5.47. The van der Waals surface area contributed by atoms with Gasteiger partial charge in [0.25, 0.3) is 5.56 Å². The second kappa shape index (κ2) is 6.28. The minimum absolute atomic E-state index is 0.0223. The van der Waals surface area contributed by atoms with E-state index in [1.165, 1.54) is 4.57 Å². The molecule has 2 aromatic carbocycles. The molecule has 0 fully saturated rings. The van der Waals surface area contributed by atoms with Gasteiger partial charge in [0.2, 0.25) is 5.88 Å². The standard InChI is InChI=1S/C22H21N5O2/c1-25(2)10-11-27-21(28)14-7-4-6-13-18(14)15(22(27)29)12-16-19(13)24-20(23-16)17-8-5-9-26(17)3/h4-9,12,29H,10-11H2,1-3H3. The fourth-order valence-corrected chi connectivity index (χ4v) is 3.96. The highest BCUT2D eigenvalue weighted by Gasteiger charge is 2.21. The number of nitrogens with zero attached hydrogens (tertiary/aromatic N) is 5. The molecule has 1 aliphatic heterocycles. The normalized spacial score (nSPS) is 13.3. The van der Waals surface area contributed by atoms with Gasteiger partial charge in [-0.25, -0.2) is 9.98 Å². The van der Waals surface area contributed by atoms with E-state index >= 15 is 0 Å². The number of rotatable bonds is 4. The Labute approximate surface area is 166 Å². The molecule has 4 aromatic rings. The number of likely N-dealkylation sites (N-methyl/N-ethyl adjacent to an activating group) is 1. The monoisotopic (exact) mass is 387 g/mol. The third-order valence-corrected chi connectivity index (χ3v) is 5.47. The summed E-state index contributed by atoms with van der Waals surface area (Å²) in [6.45, 7) is 1.06. The van der Waals surface area contributed by atoms with E-state index in [9.17, 15) is 9.90 Å². The van der Waals surface area contributed by atoms with Crippen LogP contribution in [-0.4, -0.2) is 45.6 Å². The highest BCUT2D eigenvalue weighted by molar-refractivity contribution is 6.14. The maximum absolute atomic E-state index is 13.1. The van der Waals surface area contributed by atoms with Crippen molar-refractivity contribution in [1.29, 1.82) is 0 Å². The number of amidine groups is 1. The average Bonchev–Trinajstić information content (AvgIpc) is 3.31. The van der Waals surface area contributed by atoms with Gasteiger partial charge in [0.15, 0.2) is 5.84 Å². The summed E-state index contributed by atoms with van der Waals surface area (Å²) in [7, 11) is 5.83. The largest absolute Gasteiger partial charge is 0.494 e. The molecule has 0 amide bonds. The molecular weight excluding hydrogens is 366 g/mol. The minimum atomic E-state index is -0.191. The molecule has 5 rings (SSSR count). The van der Waals surface area contributed by atoms with Gasteiger partial charge >= 0.3 is 0 Å². The molecule has 0 spiro atoms. The number of hydrogen-bond acceptors (Lipinski definition) is 5. The first kappa shape index (κ1) is 17.6. The van der Waals surface area contributed by atoms with Crippen LogP contribution in [0.5, 0.6) is 5.88 Å². The molecule has 29 heavy (non-hydrogen) atoms. The number of pyridine rings is 1. The maximum atomic E-state index is 13.1. The summed E-state index contributed by atoms with van der Waals surface area (Å²) in [6, 6.07) is 11.4. The summed E-state index contributed by atoms with van der Waals surface area (Å²) in [5.74, 6) is 0.608. The van der Waals surface area contributed by atoms with Crippen molar-refractivity contribution in [1.82, 2.24) is 14.0 Å². The first-order valence-electron chi connectivity index (χ1n) is 9.50. The zero-order valence-electron chi connectivity index (χ0n) is 16.5. The van der Waals surface area contributed by atoms with Gasteiger partial charge in [-0.05, 0) is 38.4 Å². The van der Waals surface area contributed by atoms with E-state index in [0.717, 1.165) is 21.8 Å². The number of benzene rings is 2. The van der Waals surface area contributed by atoms with Crippen molar-refractivity contribution in [2.75, 3.05) is 20.6 Å². The number of hydrogen-bond donors (Lipinski definition) is 1. The first-order valence-corrected chi connectivity index (χ1v) is 9.50. The zero-order valence-corrected chi connectivity index (χ0v) is 16.5. The Kier molecular flexibility index (Phi) is 3.82. The van der Waals surface area contributed by atoms with Crippen molar-refractivity contribution in [2.45, 2.75) is 6.54 Å². The van der Waals surface area contributed by atoms with Gasteiger partial charge in [0, 0.05) is 47.9 Å². The highest BCUT2D eigenvalue weighted by Crippen LogP contribution is 2.33. The molecule has 0 aliphatic carbocycles. The SMILES string of the molecule is CN(C)CCn1c(O)c2cc3c(c4cccc(c1=O)c24)=NC(c1cccn1C)=N3. The predicted octanol–water partition coefficient (Wildman–Crippen LogP) is 2.19. The van der Waals surface area contributed by atoms with Gasteiger partial charge in [0.05, 0.1) is 16.7 Å². The van der Waals surface area contributed by atoms with Crippen LogP contribution in [0.1, 0.15) is 5.69 Å². The van der Waals surface area contributed by atoms with Crippen LogP contribution in [0.4, 0.5) is 5.69 Å². The lowest BCUT2D eigenvalue weighted by Gasteiger charge is -2.16. The van der Waals surface area contributed by atoms with Crippen LogP contribution in [0.25, 0.3) is 21.5 Å². The Morgan fingerprint density at radius 3 is 2.59 bits per heavy atom. The number of aliphatic imine (C=N–C) groups is 1. The van der Waals surface area contributed by atoms with Crippen molar-refractivity contribution >= 4 is 33.1 Å². The van der Waals surface area contributed by atoms with E-state index in [2.05, 4.69) is 0 Å². The molecule has 146 valence electrons. The molecule has 0 unspecified atom stereocenters. The molecule has 7 nitrogen and oxygen atoms in total. The second-order valence-electron chi connectivity index (χ2n) is 7.66. The maximum Gasteiger partial charge on any atom is 0.261 e. The lowest BCUT2D eigenvalue weighted by molar-refractivity contribution is 0.353. The van der Waals surface area contributed by atoms with Gasteiger partial charge in [-0.2, -0.15) is 0 Å². The van der Waals surface area contributed by atoms with Gasteiger partial charge in [-0.15, -0.1) is 0 Å². The molecule has 0 radical (unpaired) electrons. The van der Waals surface area contributed by atoms with Crippen LogP contribution < -0.4 is 10.9 Å². The van der Waals surface area contributed by atoms with E-state index in [4.69, 9.17) is 9.98 Å². The summed E-state index contributed by atoms with van der Waals surface area (Å²) in [5, 5.41) is 14.5. The van der Waals surface area contributed by atoms with Crippen LogP contribution in [0.3, 0.4) is 0 Å². The van der Waals surface area contributed by atoms with Crippen molar-refractivity contribution in [2.24, 2.45) is 17.0 Å². The fourth-order valence-electron chi connectivity index (χ4n) is 3.96. The number of aromatic nitrogens is 2. The van der Waals surface area contributed by atoms with E-state index < -0.39 is 0 Å². The number of aryl methyl sites for hydroxylation is 1. The van der Waals surface area contributed by atoms with Crippen LogP contribution in [-0.2, 0) is 13.6 Å². The molecule has 0 atom stereocenters. The summed E-state index contributed by atoms with van der Waals surface area (Å²) in [5.41, 5.74) is 1.43. The summed E-state index contributed by atoms with van der Waals surface area (Å²) >= 11 is 0. The lowest BCUT2D eigenvalue weighted by Crippen LogP contribution is -2.27. The quantitative estimate of drug-likeness (QED) is 0.583. The number of aromatic hydroxyl groups is 1. The molecular formula is C22H21N5O2. The molecule has 0 saturated heterocycles. The fraction of sp³-hybridized carbons (Fsp3) is 0.227. The molecule has 2 aromatic heterocycles. The van der Waals surface area contributed by atoms with Crippen LogP contribution in [0.15, 0.2) is 57.4 Å². The van der Waals surface area contributed by atoms with Crippen molar-refractivity contribution in [3.8, 4) is 5.88 Å². The van der Waals surface area contributed by atoms with Gasteiger partial charge in [-0.3, -0.25) is 9.36 Å². The van der Waals surface area contributed by atoms with E-state index in [1.54, 1.807) is 0 Å². The summed E-state index contributed by atoms with van der Waals surface area (Å²) in [4.78, 5) is 24.5. The molecule has 1 N–H and O–H groups in total. The van der Waals surface area contributed by atoms with E-state index in [0.29, 0.717) is 35.4 Å². The van der Waals surface area contributed by atoms with Crippen LogP contribution in [0, 0.1) is 0 Å². The van der Waals surface area contributed by atoms with Crippen LogP contribution in [0.2, 0.25) is 0 Å². The molecule has 3 heterocycles. The molecule has 0 saturated carbocycles. The van der Waals surface area contributed by atoms with E-state index in [1.807, 2.05) is 73.2 Å². The Morgan fingerprint density at radius 1 is 1.07 bits per heavy atom. The van der Waals surface area contributed by atoms with Gasteiger partial charge in [-0.1, -0.05) is 12.1 Å². The minimum Gasteiger partial charge on any atom is -0.494 e. The number of fused-ring (bicyclic) bond motifs is 2. The Morgan fingerprint density at radius 2 is 1.86 bits per heavy atom. The lowest BCUT2D eigenvalue weighted by atomic mass is 10.0. The molecule has 1 aliphatic rings. The van der Waals surface area contributed by atoms with E-state index in [-0.39, 0.29) is 11.4 Å². The van der Waals surface area contributed by atoms with Crippen molar-refractivity contribution < 1.29 is 5.11 Å². The van der Waals surface area contributed by atoms with Crippen molar-refractivity contribution in [3.63, 3.8) is 0 Å². The van der Waals surface area contributed by atoms with Crippen molar-refractivity contribution in [3.05, 3.63) is 64.0 Å². The van der Waals surface area contributed by atoms with Gasteiger partial charge in [0.1, 0.15) is 0 Å². The smallest absolute Gasteiger partial charge is 0.261 e. The van der Waals surface area contributed by atoms with Gasteiger partial charge < -0.3 is 14.6 Å². The summed E-state index contributed by atoms with van der Waals surface area (Å²) in [6.07, 6.45) is 1.95. The predicted molar refractivity (Wildman–Crippen MR) is 114 cm³/mol. The van der Waals surface area contributed by atoms with Crippen LogP contribution >= 0.6 is 0 Å². The highest BCUT2D eigenvalue weighted by atomic mass is 16.3. The first-order chi connectivity index (χ1) is 14.0. The Bertz CT molecular complexity index is 1430. The third kappa shape index (κ3) is 2.58. The summed E-state index contributed by atoms with van der Waals surface area (Å²) < 4.78 is 3.41. The molecule has 7 heteroatoms.